The van der Waals surface area contributed by atoms with Gasteiger partial charge < -0.3 is 0 Å². The topological polar surface area (TPSA) is 0 Å². The molecule has 0 aliphatic rings. The largest absolute Gasteiger partial charge is 0.0889 e. The Hall–Kier alpha value is -0.303. The molecule has 0 bridgehead atoms. The Balaban J connectivity index is 4.20. The van der Waals surface area contributed by atoms with Crippen molar-refractivity contribution in [3.05, 3.63) is 22.9 Å². The maximum Gasteiger partial charge on any atom is 0.0720 e. The molecule has 88 valence electrons. The van der Waals surface area contributed by atoms with Crippen molar-refractivity contribution < 1.29 is 0 Å². The number of allylic oxidation sites excluding steroid dienone is 4. The molecule has 0 N–H and O–H groups in total. The summed E-state index contributed by atoms with van der Waals surface area (Å²) in [7, 11) is -1.04. The van der Waals surface area contributed by atoms with Gasteiger partial charge in [-0.3, -0.25) is 0 Å². The first-order chi connectivity index (χ1) is 6.91. The molecule has 0 nitrogen and oxygen atoms in total. The van der Waals surface area contributed by atoms with Crippen molar-refractivity contribution >= 4 is 8.07 Å². The summed E-state index contributed by atoms with van der Waals surface area (Å²) in [6.07, 6.45) is 9.72. The molecule has 0 rings (SSSR count). The second-order valence-electron chi connectivity index (χ2n) is 5.33. The minimum atomic E-state index is -1.04. The smallest absolute Gasteiger partial charge is 0.0720 e. The van der Waals surface area contributed by atoms with Crippen LogP contribution in [0.5, 0.6) is 0 Å². The molecule has 0 aromatic heterocycles. The summed E-state index contributed by atoms with van der Waals surface area (Å²) in [5.41, 5.74) is 1.54. The van der Waals surface area contributed by atoms with Crippen LogP contribution in [0.15, 0.2) is 22.9 Å². The Labute approximate surface area is 97.5 Å². The van der Waals surface area contributed by atoms with Gasteiger partial charge in [-0.15, -0.1) is 0 Å². The molecule has 0 spiro atoms. The highest BCUT2D eigenvalue weighted by atomic mass is 28.3. The van der Waals surface area contributed by atoms with Crippen molar-refractivity contribution in [2.75, 3.05) is 0 Å². The molecule has 0 radical (unpaired) electrons. The fraction of sp³-hybridized carbons (Fsp3) is 0.714. The average molecular weight is 224 g/mol. The zero-order valence-electron chi connectivity index (χ0n) is 11.5. The van der Waals surface area contributed by atoms with E-state index in [1.165, 1.54) is 25.7 Å². The minimum Gasteiger partial charge on any atom is -0.0889 e. The van der Waals surface area contributed by atoms with Crippen LogP contribution in [-0.2, 0) is 0 Å². The van der Waals surface area contributed by atoms with Gasteiger partial charge >= 0.3 is 0 Å². The molecule has 1 heteroatoms. The predicted octanol–water partition coefficient (Wildman–Crippen LogP) is 5.34. The van der Waals surface area contributed by atoms with E-state index >= 15 is 0 Å². The van der Waals surface area contributed by atoms with Gasteiger partial charge in [0.25, 0.3) is 0 Å². The van der Waals surface area contributed by atoms with E-state index < -0.39 is 8.07 Å². The molecule has 0 amide bonds. The summed E-state index contributed by atoms with van der Waals surface area (Å²) in [6.45, 7) is 14.1. The van der Waals surface area contributed by atoms with Crippen LogP contribution in [0.2, 0.25) is 19.6 Å². The molecule has 0 saturated heterocycles. The molecule has 0 aliphatic carbocycles. The van der Waals surface area contributed by atoms with E-state index in [0.29, 0.717) is 0 Å². The number of rotatable bonds is 6. The Morgan fingerprint density at radius 3 is 2.07 bits per heavy atom. The third-order valence-electron chi connectivity index (χ3n) is 2.83. The normalized spacial score (nSPS) is 14.5. The fourth-order valence-corrected chi connectivity index (χ4v) is 3.72. The Morgan fingerprint density at radius 2 is 1.67 bits per heavy atom. The van der Waals surface area contributed by atoms with Gasteiger partial charge in [0.15, 0.2) is 0 Å². The fourth-order valence-electron chi connectivity index (χ4n) is 1.91. The molecule has 0 aromatic rings. The highest BCUT2D eigenvalue weighted by molar-refractivity contribution is 6.83. The van der Waals surface area contributed by atoms with E-state index in [2.05, 4.69) is 52.6 Å². The van der Waals surface area contributed by atoms with E-state index in [0.717, 1.165) is 0 Å². The van der Waals surface area contributed by atoms with E-state index in [9.17, 15) is 0 Å². The van der Waals surface area contributed by atoms with E-state index in [4.69, 9.17) is 0 Å². The summed E-state index contributed by atoms with van der Waals surface area (Å²) < 4.78 is 0. The summed E-state index contributed by atoms with van der Waals surface area (Å²) in [6, 6.07) is 0. The lowest BCUT2D eigenvalue weighted by Crippen LogP contribution is -2.23. The summed E-state index contributed by atoms with van der Waals surface area (Å²) in [4.78, 5) is 0. The second-order valence-corrected chi connectivity index (χ2v) is 10.5. The lowest BCUT2D eigenvalue weighted by Gasteiger charge is -2.19. The SMILES string of the molecule is CC/C=C(/C)CC/C=C(\CC)[Si](C)(C)C. The van der Waals surface area contributed by atoms with Gasteiger partial charge in [-0.1, -0.05) is 56.4 Å². The van der Waals surface area contributed by atoms with Crippen LogP contribution < -0.4 is 0 Å². The second kappa shape index (κ2) is 7.05. The molecule has 0 saturated carbocycles. The summed E-state index contributed by atoms with van der Waals surface area (Å²) in [5, 5.41) is 1.73. The molecule has 0 aromatic carbocycles. The van der Waals surface area contributed by atoms with Gasteiger partial charge in [0.2, 0.25) is 0 Å². The van der Waals surface area contributed by atoms with Crippen LogP contribution in [0.25, 0.3) is 0 Å². The van der Waals surface area contributed by atoms with Crippen LogP contribution in [0.3, 0.4) is 0 Å². The van der Waals surface area contributed by atoms with Gasteiger partial charge in [-0.25, -0.2) is 0 Å². The standard InChI is InChI=1S/C14H28Si/c1-7-10-13(3)11-9-12-14(8-2)15(4,5)6/h10,12H,7-9,11H2,1-6H3/b13-10-,14-12+. The van der Waals surface area contributed by atoms with Crippen LogP contribution in [0, 0.1) is 0 Å². The van der Waals surface area contributed by atoms with E-state index in [-0.39, 0.29) is 0 Å². The van der Waals surface area contributed by atoms with Crippen molar-refractivity contribution in [1.29, 1.82) is 0 Å². The molecular formula is C14H28Si. The van der Waals surface area contributed by atoms with E-state index in [1.807, 2.05) is 0 Å². The van der Waals surface area contributed by atoms with Crippen molar-refractivity contribution in [1.82, 2.24) is 0 Å². The van der Waals surface area contributed by atoms with Crippen LogP contribution >= 0.6 is 0 Å². The number of hydrogen-bond donors (Lipinski definition) is 0. The maximum atomic E-state index is 2.50. The number of hydrogen-bond acceptors (Lipinski definition) is 0. The maximum absolute atomic E-state index is 2.50. The van der Waals surface area contributed by atoms with Crippen LogP contribution in [-0.4, -0.2) is 8.07 Å². The highest BCUT2D eigenvalue weighted by Crippen LogP contribution is 2.19. The Kier molecular flexibility index (Phi) is 6.91. The zero-order chi connectivity index (χ0) is 11.9. The summed E-state index contributed by atoms with van der Waals surface area (Å²) >= 11 is 0. The van der Waals surface area contributed by atoms with Gasteiger partial charge in [-0.2, -0.15) is 0 Å². The highest BCUT2D eigenvalue weighted by Gasteiger charge is 2.16. The molecule has 0 unspecified atom stereocenters. The molecule has 15 heavy (non-hydrogen) atoms. The van der Waals surface area contributed by atoms with E-state index in [1.54, 1.807) is 10.8 Å². The Bertz CT molecular complexity index is 228. The average Bonchev–Trinajstić information content (AvgIpc) is 2.10. The quantitative estimate of drug-likeness (QED) is 0.422. The summed E-state index contributed by atoms with van der Waals surface area (Å²) in [5.74, 6) is 0. The lowest BCUT2D eigenvalue weighted by atomic mass is 10.1. The van der Waals surface area contributed by atoms with Crippen molar-refractivity contribution in [2.45, 2.75) is 66.1 Å². The Morgan fingerprint density at radius 1 is 1.07 bits per heavy atom. The third-order valence-corrected chi connectivity index (χ3v) is 5.31. The first-order valence-corrected chi connectivity index (χ1v) is 9.77. The van der Waals surface area contributed by atoms with Crippen LogP contribution in [0.1, 0.15) is 46.5 Å². The van der Waals surface area contributed by atoms with Crippen molar-refractivity contribution in [3.8, 4) is 0 Å². The van der Waals surface area contributed by atoms with Gasteiger partial charge in [0, 0.05) is 0 Å². The lowest BCUT2D eigenvalue weighted by molar-refractivity contribution is 0.949. The first kappa shape index (κ1) is 14.7. The molecule has 0 aliphatic heterocycles. The predicted molar refractivity (Wildman–Crippen MR) is 75.0 cm³/mol. The molecular weight excluding hydrogens is 196 g/mol. The van der Waals surface area contributed by atoms with Gasteiger partial charge in [0.05, 0.1) is 8.07 Å². The molecule has 0 fully saturated rings. The van der Waals surface area contributed by atoms with Crippen molar-refractivity contribution in [3.63, 3.8) is 0 Å². The first-order valence-electron chi connectivity index (χ1n) is 6.27. The molecule has 0 heterocycles. The van der Waals surface area contributed by atoms with Gasteiger partial charge in [0.1, 0.15) is 0 Å². The third kappa shape index (κ3) is 6.72. The molecule has 0 atom stereocenters. The zero-order valence-corrected chi connectivity index (χ0v) is 12.5. The van der Waals surface area contributed by atoms with Gasteiger partial charge in [-0.05, 0) is 32.6 Å². The van der Waals surface area contributed by atoms with Crippen LogP contribution in [0.4, 0.5) is 0 Å². The van der Waals surface area contributed by atoms with Crippen molar-refractivity contribution in [2.24, 2.45) is 0 Å². The minimum absolute atomic E-state index is 1.04. The monoisotopic (exact) mass is 224 g/mol.